The van der Waals surface area contributed by atoms with Gasteiger partial charge in [0.1, 0.15) is 0 Å². The second kappa shape index (κ2) is 12.1. The van der Waals surface area contributed by atoms with E-state index in [9.17, 15) is 9.59 Å². The lowest BCUT2D eigenvalue weighted by molar-refractivity contribution is 0.0727. The molecule has 0 unspecified atom stereocenters. The summed E-state index contributed by atoms with van der Waals surface area (Å²) in [5.41, 5.74) is 3.80. The van der Waals surface area contributed by atoms with E-state index in [1.807, 2.05) is 13.0 Å². The number of amides is 1. The first-order valence-electron chi connectivity index (χ1n) is 10.7. The second-order valence-corrected chi connectivity index (χ2v) is 7.01. The highest BCUT2D eigenvalue weighted by Gasteiger charge is 2.19. The van der Waals surface area contributed by atoms with Gasteiger partial charge in [-0.3, -0.25) is 4.79 Å². The van der Waals surface area contributed by atoms with Crippen LogP contribution < -0.4 is 29.1 Å². The molecule has 0 aliphatic rings. The van der Waals surface area contributed by atoms with E-state index in [0.29, 0.717) is 40.7 Å². The van der Waals surface area contributed by atoms with Gasteiger partial charge < -0.3 is 23.7 Å². The second-order valence-electron chi connectivity index (χ2n) is 7.01. The number of nitrogens with zero attached hydrogens (tertiary/aromatic N) is 1. The van der Waals surface area contributed by atoms with Crippen molar-refractivity contribution in [2.45, 2.75) is 6.92 Å². The van der Waals surface area contributed by atoms with Gasteiger partial charge in [0.2, 0.25) is 5.75 Å². The highest BCUT2D eigenvalue weighted by atomic mass is 16.6. The van der Waals surface area contributed by atoms with Crippen LogP contribution in [0.1, 0.15) is 33.2 Å². The monoisotopic (exact) mass is 478 g/mol. The Bertz CT molecular complexity index is 1180. The number of methoxy groups -OCH3 is 3. The smallest absolute Gasteiger partial charge is 0.343 e. The van der Waals surface area contributed by atoms with Gasteiger partial charge in [0.05, 0.1) is 39.7 Å². The largest absolute Gasteiger partial charge is 0.493 e. The lowest BCUT2D eigenvalue weighted by Gasteiger charge is -2.15. The molecule has 35 heavy (non-hydrogen) atoms. The van der Waals surface area contributed by atoms with Gasteiger partial charge in [0.15, 0.2) is 23.0 Å². The quantitative estimate of drug-likeness (QED) is 0.202. The van der Waals surface area contributed by atoms with E-state index < -0.39 is 5.97 Å². The van der Waals surface area contributed by atoms with Gasteiger partial charge in [0, 0.05) is 5.56 Å². The summed E-state index contributed by atoms with van der Waals surface area (Å²) in [6, 6.07) is 16.7. The Kier molecular flexibility index (Phi) is 8.66. The van der Waals surface area contributed by atoms with E-state index in [-0.39, 0.29) is 17.2 Å². The van der Waals surface area contributed by atoms with E-state index in [2.05, 4.69) is 10.5 Å². The summed E-state index contributed by atoms with van der Waals surface area (Å²) in [6.07, 6.45) is 1.47. The number of carbonyl (C=O) groups is 2. The number of carbonyl (C=O) groups excluding carboxylic acids is 2. The molecule has 0 radical (unpaired) electrons. The molecule has 182 valence electrons. The van der Waals surface area contributed by atoms with Gasteiger partial charge >= 0.3 is 5.97 Å². The van der Waals surface area contributed by atoms with Crippen LogP contribution in [0, 0.1) is 0 Å². The normalized spacial score (nSPS) is 10.5. The summed E-state index contributed by atoms with van der Waals surface area (Å²) in [5, 5.41) is 3.98. The minimum Gasteiger partial charge on any atom is -0.493 e. The third-order valence-electron chi connectivity index (χ3n) is 4.79. The summed E-state index contributed by atoms with van der Waals surface area (Å²) in [4.78, 5) is 25.0. The van der Waals surface area contributed by atoms with E-state index in [1.54, 1.807) is 42.5 Å². The molecule has 3 aromatic carbocycles. The molecule has 0 aromatic heterocycles. The molecule has 0 atom stereocenters. The first-order valence-corrected chi connectivity index (χ1v) is 10.7. The number of benzene rings is 3. The summed E-state index contributed by atoms with van der Waals surface area (Å²) < 4.78 is 27.1. The lowest BCUT2D eigenvalue weighted by Crippen LogP contribution is -2.17. The van der Waals surface area contributed by atoms with E-state index in [0.717, 1.165) is 0 Å². The van der Waals surface area contributed by atoms with Gasteiger partial charge in [-0.2, -0.15) is 5.10 Å². The molecule has 9 nitrogen and oxygen atoms in total. The zero-order chi connectivity index (χ0) is 25.2. The Morgan fingerprint density at radius 1 is 0.829 bits per heavy atom. The topological polar surface area (TPSA) is 105 Å². The maximum Gasteiger partial charge on any atom is 0.343 e. The Morgan fingerprint density at radius 3 is 2.11 bits per heavy atom. The van der Waals surface area contributed by atoms with Crippen LogP contribution in [0.15, 0.2) is 65.8 Å². The van der Waals surface area contributed by atoms with Gasteiger partial charge in [-0.25, -0.2) is 10.2 Å². The van der Waals surface area contributed by atoms with Crippen molar-refractivity contribution in [3.63, 3.8) is 0 Å². The van der Waals surface area contributed by atoms with Crippen molar-refractivity contribution in [1.29, 1.82) is 0 Å². The highest BCUT2D eigenvalue weighted by Crippen LogP contribution is 2.38. The molecule has 9 heteroatoms. The number of hydrazone groups is 1. The van der Waals surface area contributed by atoms with E-state index in [4.69, 9.17) is 23.7 Å². The summed E-state index contributed by atoms with van der Waals surface area (Å²) in [5.74, 6) is 0.609. The Labute approximate surface area is 203 Å². The minimum atomic E-state index is -0.637. The van der Waals surface area contributed by atoms with Crippen LogP contribution in [-0.4, -0.2) is 46.0 Å². The van der Waals surface area contributed by atoms with Crippen LogP contribution in [0.5, 0.6) is 28.7 Å². The fourth-order valence-electron chi connectivity index (χ4n) is 3.13. The molecule has 0 saturated carbocycles. The summed E-state index contributed by atoms with van der Waals surface area (Å²) in [7, 11) is 4.40. The number of esters is 1. The van der Waals surface area contributed by atoms with Crippen molar-refractivity contribution in [3.8, 4) is 28.7 Å². The first kappa shape index (κ1) is 25.1. The molecule has 0 saturated heterocycles. The van der Waals surface area contributed by atoms with Crippen molar-refractivity contribution >= 4 is 18.1 Å². The van der Waals surface area contributed by atoms with Gasteiger partial charge in [0.25, 0.3) is 5.91 Å². The fourth-order valence-corrected chi connectivity index (χ4v) is 3.13. The van der Waals surface area contributed by atoms with Crippen molar-refractivity contribution in [1.82, 2.24) is 5.43 Å². The molecule has 1 N–H and O–H groups in total. The molecule has 3 aromatic rings. The maximum atomic E-state index is 12.9. The van der Waals surface area contributed by atoms with Crippen molar-refractivity contribution in [3.05, 3.63) is 77.4 Å². The SMILES string of the molecule is CCOc1cc(C=NNC(=O)c2ccccc2)ccc1OC(=O)c1cc(OC)c(OC)c(OC)c1. The first-order chi connectivity index (χ1) is 17.0. The van der Waals surface area contributed by atoms with Crippen LogP contribution in [0.2, 0.25) is 0 Å². The standard InChI is InChI=1S/C26H26N2O7/c1-5-34-21-13-17(16-27-28-25(29)18-9-7-6-8-10-18)11-12-20(21)35-26(30)19-14-22(31-2)24(33-4)23(15-19)32-3/h6-16H,5H2,1-4H3,(H,28,29). The van der Waals surface area contributed by atoms with Crippen LogP contribution in [0.4, 0.5) is 0 Å². The Balaban J connectivity index is 1.78. The maximum absolute atomic E-state index is 12.9. The molecule has 0 bridgehead atoms. The van der Waals surface area contributed by atoms with Crippen LogP contribution in [0.25, 0.3) is 0 Å². The average molecular weight is 479 g/mol. The zero-order valence-electron chi connectivity index (χ0n) is 19.9. The highest BCUT2D eigenvalue weighted by molar-refractivity contribution is 5.95. The molecule has 0 spiro atoms. The van der Waals surface area contributed by atoms with E-state index >= 15 is 0 Å². The minimum absolute atomic E-state index is 0.205. The average Bonchev–Trinajstić information content (AvgIpc) is 2.89. The zero-order valence-corrected chi connectivity index (χ0v) is 19.9. The van der Waals surface area contributed by atoms with Gasteiger partial charge in [-0.05, 0) is 55.0 Å². The molecule has 0 aliphatic heterocycles. The summed E-state index contributed by atoms with van der Waals surface area (Å²) in [6.45, 7) is 2.16. The van der Waals surface area contributed by atoms with Crippen LogP contribution in [0.3, 0.4) is 0 Å². The Morgan fingerprint density at radius 2 is 1.51 bits per heavy atom. The number of nitrogens with one attached hydrogen (secondary N) is 1. The molecular formula is C26H26N2O7. The molecular weight excluding hydrogens is 452 g/mol. The fraction of sp³-hybridized carbons (Fsp3) is 0.192. The lowest BCUT2D eigenvalue weighted by atomic mass is 10.1. The third-order valence-corrected chi connectivity index (χ3v) is 4.79. The van der Waals surface area contributed by atoms with E-state index in [1.165, 1.54) is 39.7 Å². The Hall–Kier alpha value is -4.53. The molecule has 0 fully saturated rings. The third kappa shape index (κ3) is 6.29. The van der Waals surface area contributed by atoms with Gasteiger partial charge in [-0.15, -0.1) is 0 Å². The van der Waals surface area contributed by atoms with Crippen molar-refractivity contribution in [2.75, 3.05) is 27.9 Å². The van der Waals surface area contributed by atoms with Crippen LogP contribution in [-0.2, 0) is 0 Å². The molecule has 0 aliphatic carbocycles. The molecule has 1 amide bonds. The number of rotatable bonds is 10. The number of ether oxygens (including phenoxy) is 5. The van der Waals surface area contributed by atoms with Crippen molar-refractivity contribution < 1.29 is 33.3 Å². The predicted octanol–water partition coefficient (Wildman–Crippen LogP) is 4.09. The number of hydrogen-bond donors (Lipinski definition) is 1. The predicted molar refractivity (Wildman–Crippen MR) is 130 cm³/mol. The van der Waals surface area contributed by atoms with Crippen molar-refractivity contribution in [2.24, 2.45) is 5.10 Å². The summed E-state index contributed by atoms with van der Waals surface area (Å²) >= 11 is 0. The molecule has 0 heterocycles. The van der Waals surface area contributed by atoms with Crippen LogP contribution >= 0.6 is 0 Å². The number of hydrogen-bond acceptors (Lipinski definition) is 8. The van der Waals surface area contributed by atoms with Gasteiger partial charge in [-0.1, -0.05) is 18.2 Å². The molecule has 3 rings (SSSR count).